The molecule has 0 aliphatic rings. The Bertz CT molecular complexity index is 1210. The Hall–Kier alpha value is -3.37. The molecule has 0 heterocycles. The third kappa shape index (κ3) is 4.83. The predicted octanol–water partition coefficient (Wildman–Crippen LogP) is 8.02. The van der Waals surface area contributed by atoms with Crippen LogP contribution in [0.15, 0.2) is 42.5 Å². The minimum atomic E-state index is -5.40. The van der Waals surface area contributed by atoms with E-state index in [1.165, 1.54) is 27.7 Å². The summed E-state index contributed by atoms with van der Waals surface area (Å²) in [5.74, 6) is 0. The zero-order valence-electron chi connectivity index (χ0n) is 20.1. The Balaban J connectivity index is 2.68. The molecular weight excluding hydrogens is 511 g/mol. The third-order valence-electron chi connectivity index (χ3n) is 6.50. The van der Waals surface area contributed by atoms with Crippen molar-refractivity contribution in [3.05, 3.63) is 92.5 Å². The van der Waals surface area contributed by atoms with Crippen molar-refractivity contribution >= 4 is 11.4 Å². The first-order valence-corrected chi connectivity index (χ1v) is 10.8. The second-order valence-electron chi connectivity index (χ2n) is 9.09. The van der Waals surface area contributed by atoms with E-state index in [0.717, 1.165) is 24.3 Å². The third-order valence-corrected chi connectivity index (χ3v) is 6.50. The molecule has 0 aromatic heterocycles. The van der Waals surface area contributed by atoms with Crippen molar-refractivity contribution in [3.63, 3.8) is 0 Å². The Labute approximate surface area is 207 Å². The van der Waals surface area contributed by atoms with Gasteiger partial charge < -0.3 is 11.5 Å². The summed E-state index contributed by atoms with van der Waals surface area (Å²) in [5.41, 5.74) is 3.26. The highest BCUT2D eigenvalue weighted by molar-refractivity contribution is 5.64. The second kappa shape index (κ2) is 8.88. The number of hydrogen-bond acceptors (Lipinski definition) is 2. The van der Waals surface area contributed by atoms with Gasteiger partial charge in [0.15, 0.2) is 0 Å². The van der Waals surface area contributed by atoms with Gasteiger partial charge in [-0.15, -0.1) is 0 Å². The molecule has 3 aromatic rings. The number of nitrogens with two attached hydrogens (primary N) is 2. The monoisotopic (exact) mass is 534 g/mol. The van der Waals surface area contributed by atoms with Gasteiger partial charge >= 0.3 is 18.5 Å². The van der Waals surface area contributed by atoms with Crippen LogP contribution in [0.25, 0.3) is 0 Å². The maximum Gasteiger partial charge on any atom is 0.416 e. The number of rotatable bonds is 3. The molecule has 0 bridgehead atoms. The number of alkyl halides is 9. The molecule has 3 rings (SSSR count). The zero-order chi connectivity index (χ0) is 28.3. The molecule has 0 amide bonds. The lowest BCUT2D eigenvalue weighted by Gasteiger charge is -2.39. The van der Waals surface area contributed by atoms with Crippen LogP contribution >= 0.6 is 0 Å². The lowest BCUT2D eigenvalue weighted by Crippen LogP contribution is -2.45. The van der Waals surface area contributed by atoms with E-state index in [-0.39, 0.29) is 51.8 Å². The molecule has 0 aliphatic heterocycles. The molecule has 0 saturated heterocycles. The predicted molar refractivity (Wildman–Crippen MR) is 123 cm³/mol. The van der Waals surface area contributed by atoms with Gasteiger partial charge in [-0.1, -0.05) is 24.3 Å². The maximum absolute atomic E-state index is 15.4. The number of halogens is 9. The van der Waals surface area contributed by atoms with Crippen LogP contribution in [0, 0.1) is 27.7 Å². The van der Waals surface area contributed by atoms with Crippen LogP contribution in [0.5, 0.6) is 0 Å². The van der Waals surface area contributed by atoms with E-state index >= 15 is 13.2 Å². The quantitative estimate of drug-likeness (QED) is 0.203. The topological polar surface area (TPSA) is 52.0 Å². The van der Waals surface area contributed by atoms with Crippen LogP contribution < -0.4 is 11.5 Å². The van der Waals surface area contributed by atoms with Crippen LogP contribution in [-0.2, 0) is 17.8 Å². The summed E-state index contributed by atoms with van der Waals surface area (Å²) in [5, 5.41) is 0. The lowest BCUT2D eigenvalue weighted by molar-refractivity contribution is -0.167. The molecule has 0 radical (unpaired) electrons. The van der Waals surface area contributed by atoms with E-state index in [0.29, 0.717) is 0 Å². The fourth-order valence-electron chi connectivity index (χ4n) is 4.54. The van der Waals surface area contributed by atoms with Crippen LogP contribution in [0.1, 0.15) is 50.1 Å². The number of hydrogen-bond donors (Lipinski definition) is 2. The summed E-state index contributed by atoms with van der Waals surface area (Å²) in [7, 11) is 0. The van der Waals surface area contributed by atoms with Crippen molar-refractivity contribution < 1.29 is 39.5 Å². The van der Waals surface area contributed by atoms with E-state index in [1.807, 2.05) is 0 Å². The highest BCUT2D eigenvalue weighted by Gasteiger charge is 2.59. The minimum absolute atomic E-state index is 0.116. The van der Waals surface area contributed by atoms with Crippen LogP contribution in [0.4, 0.5) is 50.9 Å². The van der Waals surface area contributed by atoms with Gasteiger partial charge in [0, 0.05) is 11.4 Å². The van der Waals surface area contributed by atoms with Crippen molar-refractivity contribution in [2.75, 3.05) is 11.5 Å². The molecular formula is C26H23F9N2. The molecule has 200 valence electrons. The van der Waals surface area contributed by atoms with Crippen LogP contribution in [-0.4, -0.2) is 6.18 Å². The summed E-state index contributed by atoms with van der Waals surface area (Å²) in [6, 6.07) is 4.16. The molecule has 0 saturated carbocycles. The van der Waals surface area contributed by atoms with Crippen molar-refractivity contribution in [3.8, 4) is 0 Å². The van der Waals surface area contributed by atoms with Crippen molar-refractivity contribution in [2.45, 2.75) is 51.6 Å². The summed E-state index contributed by atoms with van der Waals surface area (Å²) in [6.07, 6.45) is -16.1. The normalized spacial score (nSPS) is 13.2. The number of anilines is 2. The number of nitrogen functional groups attached to an aromatic ring is 2. The first kappa shape index (κ1) is 28.2. The van der Waals surface area contributed by atoms with Crippen molar-refractivity contribution in [1.29, 1.82) is 0 Å². The van der Waals surface area contributed by atoms with Gasteiger partial charge in [0.05, 0.1) is 11.1 Å². The van der Waals surface area contributed by atoms with Gasteiger partial charge in [0.25, 0.3) is 0 Å². The second-order valence-corrected chi connectivity index (χ2v) is 9.09. The Kier molecular flexibility index (Phi) is 6.77. The number of benzene rings is 3. The average Bonchev–Trinajstić information content (AvgIpc) is 2.73. The van der Waals surface area contributed by atoms with E-state index in [1.54, 1.807) is 0 Å². The fraction of sp³-hybridized carbons (Fsp3) is 0.308. The molecule has 0 spiro atoms. The zero-order valence-corrected chi connectivity index (χ0v) is 20.1. The largest absolute Gasteiger partial charge is 0.416 e. The molecule has 0 aliphatic carbocycles. The minimum Gasteiger partial charge on any atom is -0.398 e. The lowest BCUT2D eigenvalue weighted by atomic mass is 9.67. The summed E-state index contributed by atoms with van der Waals surface area (Å²) < 4.78 is 128. The molecule has 37 heavy (non-hydrogen) atoms. The molecule has 4 N–H and O–H groups in total. The molecule has 0 unspecified atom stereocenters. The molecule has 3 aromatic carbocycles. The van der Waals surface area contributed by atoms with Crippen molar-refractivity contribution in [2.24, 2.45) is 0 Å². The molecule has 11 heteroatoms. The molecule has 2 nitrogen and oxygen atoms in total. The summed E-state index contributed by atoms with van der Waals surface area (Å²) >= 11 is 0. The van der Waals surface area contributed by atoms with Crippen LogP contribution in [0.2, 0.25) is 0 Å². The highest BCUT2D eigenvalue weighted by Crippen LogP contribution is 2.54. The van der Waals surface area contributed by atoms with Gasteiger partial charge in [-0.2, -0.15) is 39.5 Å². The summed E-state index contributed by atoms with van der Waals surface area (Å²) in [6.45, 7) is 5.61. The van der Waals surface area contributed by atoms with Gasteiger partial charge in [0.2, 0.25) is 0 Å². The van der Waals surface area contributed by atoms with Gasteiger partial charge in [0.1, 0.15) is 5.41 Å². The molecule has 0 atom stereocenters. The first-order chi connectivity index (χ1) is 16.7. The average molecular weight is 534 g/mol. The van der Waals surface area contributed by atoms with Gasteiger partial charge in [-0.3, -0.25) is 0 Å². The van der Waals surface area contributed by atoms with Crippen LogP contribution in [0.3, 0.4) is 0 Å². The first-order valence-electron chi connectivity index (χ1n) is 10.8. The maximum atomic E-state index is 15.4. The van der Waals surface area contributed by atoms with Crippen molar-refractivity contribution in [1.82, 2.24) is 0 Å². The Morgan fingerprint density at radius 2 is 0.676 bits per heavy atom. The van der Waals surface area contributed by atoms with E-state index < -0.39 is 51.8 Å². The fourth-order valence-corrected chi connectivity index (χ4v) is 4.54. The summed E-state index contributed by atoms with van der Waals surface area (Å²) in [4.78, 5) is 0. The highest BCUT2D eigenvalue weighted by atomic mass is 19.4. The smallest absolute Gasteiger partial charge is 0.398 e. The van der Waals surface area contributed by atoms with Gasteiger partial charge in [-0.05, 0) is 84.8 Å². The SMILES string of the molecule is Cc1cc(C(c2cc(C(F)(F)F)cc(C(F)(F)F)c2)(c2cc(C)c(N)c(C)c2)C(F)(F)F)cc(C)c1N. The van der Waals surface area contributed by atoms with E-state index in [4.69, 9.17) is 11.5 Å². The van der Waals surface area contributed by atoms with Gasteiger partial charge in [-0.25, -0.2) is 0 Å². The molecule has 0 fully saturated rings. The number of aryl methyl sites for hydroxylation is 4. The Morgan fingerprint density at radius 3 is 0.919 bits per heavy atom. The van der Waals surface area contributed by atoms with E-state index in [9.17, 15) is 26.3 Å². The Morgan fingerprint density at radius 1 is 0.432 bits per heavy atom. The van der Waals surface area contributed by atoms with E-state index in [2.05, 4.69) is 0 Å². The standard InChI is InChI=1S/C26H23F9N2/c1-12-5-16(6-13(2)21(12)36)23(26(33,34)35,17-7-14(3)22(37)15(4)8-17)18-9-19(24(27,28)29)11-20(10-18)25(30,31)32/h5-11H,36-37H2,1-4H3.